The Bertz CT molecular complexity index is 5600. The van der Waals surface area contributed by atoms with Crippen LogP contribution in [0.4, 0.5) is 34.1 Å². The van der Waals surface area contributed by atoms with E-state index in [0.717, 1.165) is 166 Å². The molecule has 0 saturated heterocycles. The second-order valence-electron chi connectivity index (χ2n) is 25.8. The summed E-state index contributed by atoms with van der Waals surface area (Å²) in [6.45, 7) is 9.02. The molecule has 2 heterocycles. The van der Waals surface area contributed by atoms with Crippen molar-refractivity contribution < 1.29 is 8.83 Å². The summed E-state index contributed by atoms with van der Waals surface area (Å²) < 4.78 is 14.8. The summed E-state index contributed by atoms with van der Waals surface area (Å²) in [5.74, 6) is 0.506. The Labute approximate surface area is 545 Å². The lowest BCUT2D eigenvalue weighted by atomic mass is 9.90. The summed E-state index contributed by atoms with van der Waals surface area (Å²) >= 11 is 0. The number of nitrogens with zero attached hydrogens (tertiary/aromatic N) is 2. The molecule has 0 bridgehead atoms. The lowest BCUT2D eigenvalue weighted by Crippen LogP contribution is -2.14. The van der Waals surface area contributed by atoms with E-state index in [1.807, 2.05) is 0 Å². The Morgan fingerprint density at radius 2 is 0.574 bits per heavy atom. The molecule has 0 radical (unpaired) electrons. The predicted octanol–water partition coefficient (Wildman–Crippen LogP) is 26.5. The molecule has 0 aliphatic heterocycles. The van der Waals surface area contributed by atoms with E-state index in [1.165, 1.54) is 21.9 Å². The fourth-order valence-electron chi connectivity index (χ4n) is 15.2. The van der Waals surface area contributed by atoms with Crippen molar-refractivity contribution in [3.05, 3.63) is 314 Å². The summed E-state index contributed by atoms with van der Waals surface area (Å²) in [6, 6.07) is 112. The van der Waals surface area contributed by atoms with Gasteiger partial charge >= 0.3 is 0 Å². The van der Waals surface area contributed by atoms with E-state index in [4.69, 9.17) is 8.83 Å². The summed E-state index contributed by atoms with van der Waals surface area (Å²) in [6.07, 6.45) is 0. The minimum Gasteiger partial charge on any atom is -0.454 e. The van der Waals surface area contributed by atoms with Gasteiger partial charge in [0.2, 0.25) is 0 Å². The minimum atomic E-state index is 0.253. The van der Waals surface area contributed by atoms with E-state index < -0.39 is 0 Å². The lowest BCUT2D eigenvalue weighted by molar-refractivity contribution is 0.657. The van der Waals surface area contributed by atoms with Gasteiger partial charge in [0.25, 0.3) is 0 Å². The smallest absolute Gasteiger partial charge is 0.159 e. The van der Waals surface area contributed by atoms with Crippen LogP contribution in [0, 0.1) is 0 Å². The van der Waals surface area contributed by atoms with Gasteiger partial charge in [-0.1, -0.05) is 295 Å². The molecule has 446 valence electrons. The van der Waals surface area contributed by atoms with E-state index in [2.05, 4.69) is 341 Å². The number of benzene rings is 16. The van der Waals surface area contributed by atoms with Crippen molar-refractivity contribution in [1.29, 1.82) is 0 Å². The van der Waals surface area contributed by atoms with Crippen molar-refractivity contribution in [2.24, 2.45) is 0 Å². The molecule has 0 atom stereocenters. The molecule has 0 spiro atoms. The number of furan rings is 2. The van der Waals surface area contributed by atoms with E-state index in [-0.39, 0.29) is 11.8 Å². The fraction of sp³-hybridized carbons (Fsp3) is 0.0667. The molecule has 94 heavy (non-hydrogen) atoms. The zero-order valence-electron chi connectivity index (χ0n) is 52.7. The molecule has 0 fully saturated rings. The molecule has 0 aliphatic rings. The van der Waals surface area contributed by atoms with Crippen LogP contribution in [0.15, 0.2) is 312 Å². The normalized spacial score (nSPS) is 12.0. The largest absolute Gasteiger partial charge is 0.454 e. The zero-order chi connectivity index (χ0) is 62.7. The molecule has 4 nitrogen and oxygen atoms in total. The average Bonchev–Trinajstić information content (AvgIpc) is 0.920. The van der Waals surface area contributed by atoms with Gasteiger partial charge in [0.1, 0.15) is 11.2 Å². The van der Waals surface area contributed by atoms with Gasteiger partial charge in [-0.2, -0.15) is 0 Å². The molecule has 2 aromatic heterocycles. The lowest BCUT2D eigenvalue weighted by Gasteiger charge is -2.32. The summed E-state index contributed by atoms with van der Waals surface area (Å²) in [5, 5.41) is 15.8. The van der Waals surface area contributed by atoms with Crippen molar-refractivity contribution in [2.75, 3.05) is 9.80 Å². The maximum atomic E-state index is 7.42. The Hall–Kier alpha value is -11.7. The highest BCUT2D eigenvalue weighted by molar-refractivity contribution is 6.30. The summed E-state index contributed by atoms with van der Waals surface area (Å²) in [5.41, 5.74) is 21.1. The molecular formula is C90H64N2O2. The third-order valence-corrected chi connectivity index (χ3v) is 19.7. The highest BCUT2D eigenvalue weighted by Crippen LogP contribution is 2.56. The quantitative estimate of drug-likeness (QED) is 0.114. The molecule has 0 amide bonds. The highest BCUT2D eigenvalue weighted by Gasteiger charge is 2.31. The fourth-order valence-corrected chi connectivity index (χ4v) is 15.2. The van der Waals surface area contributed by atoms with Crippen molar-refractivity contribution in [1.82, 2.24) is 0 Å². The highest BCUT2D eigenvalue weighted by atomic mass is 16.3. The third kappa shape index (κ3) is 8.74. The van der Waals surface area contributed by atoms with Crippen molar-refractivity contribution in [2.45, 2.75) is 39.5 Å². The van der Waals surface area contributed by atoms with Crippen LogP contribution >= 0.6 is 0 Å². The second kappa shape index (κ2) is 22.0. The molecule has 16 aromatic carbocycles. The van der Waals surface area contributed by atoms with Crippen molar-refractivity contribution in [3.8, 4) is 44.5 Å². The van der Waals surface area contributed by atoms with Gasteiger partial charge in [0.05, 0.1) is 34.1 Å². The molecular weight excluding hydrogens is 1140 g/mol. The first kappa shape index (κ1) is 55.1. The topological polar surface area (TPSA) is 32.8 Å². The Kier molecular flexibility index (Phi) is 12.9. The van der Waals surface area contributed by atoms with Crippen LogP contribution in [0.3, 0.4) is 0 Å². The standard InChI is InChI=1S/C90H64N2O2/c1-55(2)67-29-17-31-71-73-33-19-35-81(89(73)93-87(67)71)91(85-69(59-25-13-7-14-26-59)47-41-61-37-39-65(53-77(61)85)57-21-9-5-10-22-57)79-51-45-63-44-50-76-80(52-46-64-43-49-75(79)83(63)84(64)76)92(82-36-20-34-74-72-32-18-30-68(56(3)4)88(72)94-90(74)82)86-70(60-27-15-8-16-28-60)48-42-62-38-40-66(54-78(62)86)58-23-11-6-12-24-58/h5-56H,1-4H3. The van der Waals surface area contributed by atoms with Gasteiger partial charge in [-0.25, -0.2) is 0 Å². The molecule has 18 rings (SSSR count). The van der Waals surface area contributed by atoms with Crippen molar-refractivity contribution >= 4 is 132 Å². The van der Waals surface area contributed by atoms with Gasteiger partial charge < -0.3 is 18.6 Å². The first-order chi connectivity index (χ1) is 46.3. The van der Waals surface area contributed by atoms with Gasteiger partial charge in [-0.3, -0.25) is 0 Å². The van der Waals surface area contributed by atoms with Crippen LogP contribution in [0.1, 0.15) is 50.7 Å². The van der Waals surface area contributed by atoms with Gasteiger partial charge in [0, 0.05) is 54.2 Å². The second-order valence-corrected chi connectivity index (χ2v) is 25.8. The molecule has 18 aromatic rings. The van der Waals surface area contributed by atoms with Crippen LogP contribution < -0.4 is 9.80 Å². The van der Waals surface area contributed by atoms with Gasteiger partial charge in [-0.15, -0.1) is 0 Å². The number of fused-ring (bicyclic) bond motifs is 8. The van der Waals surface area contributed by atoms with E-state index in [9.17, 15) is 0 Å². The molecule has 0 aliphatic carbocycles. The number of para-hydroxylation sites is 4. The monoisotopic (exact) mass is 1200 g/mol. The molecule has 0 N–H and O–H groups in total. The summed E-state index contributed by atoms with van der Waals surface area (Å²) in [7, 11) is 0. The first-order valence-corrected chi connectivity index (χ1v) is 32.9. The van der Waals surface area contributed by atoms with Crippen LogP contribution in [0.5, 0.6) is 0 Å². The number of hydrogen-bond acceptors (Lipinski definition) is 4. The van der Waals surface area contributed by atoms with Crippen LogP contribution in [-0.2, 0) is 0 Å². The van der Waals surface area contributed by atoms with Crippen LogP contribution in [0.25, 0.3) is 142 Å². The SMILES string of the molecule is CC(C)c1cccc2c1oc1c(N(c3c(-c4ccccc4)ccc4ccc(-c5ccccc5)cc34)c3ccc4ccc5c(N(c6c(-c7ccccc7)ccc7ccc(-c8ccccc8)cc67)c6cccc7c6oc6c(C(C)C)cccc67)ccc6ccc3c4c65)cccc12. The third-order valence-electron chi connectivity index (χ3n) is 19.7. The molecule has 0 saturated carbocycles. The number of anilines is 6. The molecule has 0 unspecified atom stereocenters. The van der Waals surface area contributed by atoms with Gasteiger partial charge in [-0.05, 0) is 125 Å². The van der Waals surface area contributed by atoms with E-state index >= 15 is 0 Å². The minimum absolute atomic E-state index is 0.253. The Morgan fingerprint density at radius 3 is 0.968 bits per heavy atom. The van der Waals surface area contributed by atoms with E-state index in [1.54, 1.807) is 0 Å². The maximum Gasteiger partial charge on any atom is 0.159 e. The number of rotatable bonds is 12. The Morgan fingerprint density at radius 1 is 0.234 bits per heavy atom. The predicted molar refractivity (Wildman–Crippen MR) is 399 cm³/mol. The van der Waals surface area contributed by atoms with Crippen LogP contribution in [0.2, 0.25) is 0 Å². The molecule has 4 heteroatoms. The first-order valence-electron chi connectivity index (χ1n) is 32.9. The Balaban J connectivity index is 0.966. The van der Waals surface area contributed by atoms with Crippen LogP contribution in [-0.4, -0.2) is 0 Å². The maximum absolute atomic E-state index is 7.42. The number of hydrogen-bond donors (Lipinski definition) is 0. The summed E-state index contributed by atoms with van der Waals surface area (Å²) in [4.78, 5) is 5.08. The average molecular weight is 1210 g/mol. The van der Waals surface area contributed by atoms with E-state index in [0.29, 0.717) is 0 Å². The van der Waals surface area contributed by atoms with Gasteiger partial charge in [0.15, 0.2) is 11.2 Å². The zero-order valence-corrected chi connectivity index (χ0v) is 52.7. The van der Waals surface area contributed by atoms with Crippen molar-refractivity contribution in [3.63, 3.8) is 0 Å².